The van der Waals surface area contributed by atoms with Crippen LogP contribution in [0.2, 0.25) is 0 Å². The summed E-state index contributed by atoms with van der Waals surface area (Å²) in [5.41, 5.74) is 1.19. The molecule has 1 aliphatic rings. The molecule has 0 bridgehead atoms. The van der Waals surface area contributed by atoms with E-state index in [2.05, 4.69) is 30.3 Å². The Morgan fingerprint density at radius 1 is 1.30 bits per heavy atom. The van der Waals surface area contributed by atoms with Crippen LogP contribution >= 0.6 is 12.2 Å². The van der Waals surface area contributed by atoms with Crippen molar-refractivity contribution in [2.75, 3.05) is 13.1 Å². The number of aromatic nitrogens is 2. The van der Waals surface area contributed by atoms with Crippen molar-refractivity contribution in [3.05, 3.63) is 16.7 Å². The van der Waals surface area contributed by atoms with Gasteiger partial charge in [0.05, 0.1) is 0 Å². The highest BCUT2D eigenvalue weighted by atomic mass is 32.1. The summed E-state index contributed by atoms with van der Waals surface area (Å²) in [5.74, 6) is 0.257. The molecule has 1 amide bonds. The summed E-state index contributed by atoms with van der Waals surface area (Å²) in [6.45, 7) is 8.99. The van der Waals surface area contributed by atoms with Crippen LogP contribution in [0.15, 0.2) is 6.20 Å². The second-order valence-electron chi connectivity index (χ2n) is 6.57. The van der Waals surface area contributed by atoms with Crippen molar-refractivity contribution in [1.29, 1.82) is 0 Å². The van der Waals surface area contributed by atoms with Gasteiger partial charge in [-0.15, -0.1) is 0 Å². The third-order valence-corrected chi connectivity index (χ3v) is 4.23. The topological polar surface area (TPSA) is 41.0 Å². The van der Waals surface area contributed by atoms with E-state index in [1.807, 2.05) is 11.1 Å². The van der Waals surface area contributed by atoms with E-state index in [-0.39, 0.29) is 11.3 Å². The number of carbonyl (C=O) groups excluding carboxylic acids is 1. The van der Waals surface area contributed by atoms with E-state index in [1.54, 1.807) is 0 Å². The molecule has 0 spiro atoms. The van der Waals surface area contributed by atoms with Gasteiger partial charge in [-0.25, -0.2) is 0 Å². The van der Waals surface area contributed by atoms with E-state index >= 15 is 0 Å². The van der Waals surface area contributed by atoms with Gasteiger partial charge in [0.15, 0.2) is 4.77 Å². The number of aromatic amines is 1. The SMILES string of the molecule is CC(C)(C)c1c[nH]c(=S)n1CCC(=O)N1CCCCC1. The minimum absolute atomic E-state index is 0.0295. The number of carbonyl (C=O) groups is 1. The lowest BCUT2D eigenvalue weighted by molar-refractivity contribution is -0.132. The molecular formula is C15H25N3OS. The molecule has 1 aromatic rings. The normalized spacial score (nSPS) is 16.4. The highest BCUT2D eigenvalue weighted by molar-refractivity contribution is 7.71. The Labute approximate surface area is 126 Å². The first kappa shape index (κ1) is 15.3. The van der Waals surface area contributed by atoms with Crippen molar-refractivity contribution in [2.45, 2.75) is 58.4 Å². The Balaban J connectivity index is 2.02. The molecule has 4 nitrogen and oxygen atoms in total. The number of amides is 1. The standard InChI is InChI=1S/C15H25N3OS/c1-15(2,3)12-11-16-14(20)18(12)10-7-13(19)17-8-5-4-6-9-17/h11H,4-10H2,1-3H3,(H,16,20). The number of imidazole rings is 1. The smallest absolute Gasteiger partial charge is 0.224 e. The van der Waals surface area contributed by atoms with Crippen molar-refractivity contribution in [3.8, 4) is 0 Å². The predicted molar refractivity (Wildman–Crippen MR) is 83.4 cm³/mol. The van der Waals surface area contributed by atoms with Crippen molar-refractivity contribution in [1.82, 2.24) is 14.5 Å². The molecule has 0 saturated carbocycles. The lowest BCUT2D eigenvalue weighted by Crippen LogP contribution is -2.36. The van der Waals surface area contributed by atoms with Crippen LogP contribution in [0.3, 0.4) is 0 Å². The Morgan fingerprint density at radius 2 is 1.95 bits per heavy atom. The molecule has 1 aromatic heterocycles. The maximum atomic E-state index is 12.2. The first-order valence-corrected chi connectivity index (χ1v) is 7.87. The van der Waals surface area contributed by atoms with Gasteiger partial charge in [0.1, 0.15) is 0 Å². The molecule has 2 rings (SSSR count). The second kappa shape index (κ2) is 6.12. The van der Waals surface area contributed by atoms with Crippen LogP contribution in [0.4, 0.5) is 0 Å². The summed E-state index contributed by atoms with van der Waals surface area (Å²) in [6.07, 6.45) is 6.04. The van der Waals surface area contributed by atoms with Gasteiger partial charge in [-0.3, -0.25) is 4.79 Å². The number of hydrogen-bond acceptors (Lipinski definition) is 2. The van der Waals surface area contributed by atoms with E-state index in [9.17, 15) is 4.79 Å². The lowest BCUT2D eigenvalue weighted by Gasteiger charge is -2.27. The van der Waals surface area contributed by atoms with Crippen LogP contribution in [0, 0.1) is 4.77 Å². The average molecular weight is 295 g/mol. The molecule has 0 radical (unpaired) electrons. The van der Waals surface area contributed by atoms with Crippen molar-refractivity contribution in [2.24, 2.45) is 0 Å². The van der Waals surface area contributed by atoms with Gasteiger partial charge in [0.25, 0.3) is 0 Å². The minimum atomic E-state index is 0.0295. The Morgan fingerprint density at radius 3 is 2.55 bits per heavy atom. The maximum Gasteiger partial charge on any atom is 0.224 e. The largest absolute Gasteiger partial charge is 0.343 e. The quantitative estimate of drug-likeness (QED) is 0.870. The Hall–Kier alpha value is -1.10. The van der Waals surface area contributed by atoms with Gasteiger partial charge in [-0.1, -0.05) is 20.8 Å². The van der Waals surface area contributed by atoms with Crippen LogP contribution in [0.1, 0.15) is 52.1 Å². The molecule has 0 aromatic carbocycles. The van der Waals surface area contributed by atoms with Crippen LogP contribution in [-0.2, 0) is 16.8 Å². The van der Waals surface area contributed by atoms with E-state index in [0.717, 1.165) is 31.6 Å². The van der Waals surface area contributed by atoms with Crippen LogP contribution in [0.25, 0.3) is 0 Å². The number of hydrogen-bond donors (Lipinski definition) is 1. The van der Waals surface area contributed by atoms with E-state index in [1.165, 1.54) is 6.42 Å². The third-order valence-electron chi connectivity index (χ3n) is 3.89. The summed E-state index contributed by atoms with van der Waals surface area (Å²) in [7, 11) is 0. The Bertz CT molecular complexity index is 518. The summed E-state index contributed by atoms with van der Waals surface area (Å²) in [4.78, 5) is 17.3. The second-order valence-corrected chi connectivity index (χ2v) is 6.96. The molecule has 1 N–H and O–H groups in total. The van der Waals surface area contributed by atoms with Gasteiger partial charge in [-0.05, 0) is 31.5 Å². The Kier molecular flexibility index (Phi) is 4.68. The number of nitrogens with zero attached hydrogens (tertiary/aromatic N) is 2. The molecule has 20 heavy (non-hydrogen) atoms. The third kappa shape index (κ3) is 3.51. The minimum Gasteiger partial charge on any atom is -0.343 e. The first-order valence-electron chi connectivity index (χ1n) is 7.46. The lowest BCUT2D eigenvalue weighted by atomic mass is 9.92. The summed E-state index contributed by atoms with van der Waals surface area (Å²) in [6, 6.07) is 0. The molecule has 2 heterocycles. The van der Waals surface area contributed by atoms with Crippen LogP contribution in [-0.4, -0.2) is 33.4 Å². The highest BCUT2D eigenvalue weighted by Gasteiger charge is 2.21. The van der Waals surface area contributed by atoms with Crippen LogP contribution < -0.4 is 0 Å². The molecule has 1 saturated heterocycles. The van der Waals surface area contributed by atoms with Crippen LogP contribution in [0.5, 0.6) is 0 Å². The zero-order valence-corrected chi connectivity index (χ0v) is 13.6. The molecule has 1 aliphatic heterocycles. The molecular weight excluding hydrogens is 270 g/mol. The average Bonchev–Trinajstić information content (AvgIpc) is 2.78. The van der Waals surface area contributed by atoms with Crippen molar-refractivity contribution < 1.29 is 4.79 Å². The van der Waals surface area contributed by atoms with Crippen molar-refractivity contribution in [3.63, 3.8) is 0 Å². The number of H-pyrrole nitrogens is 1. The fraction of sp³-hybridized carbons (Fsp3) is 0.733. The number of nitrogens with one attached hydrogen (secondary N) is 1. The molecule has 0 aliphatic carbocycles. The molecule has 1 fully saturated rings. The molecule has 0 unspecified atom stereocenters. The van der Waals surface area contributed by atoms with E-state index in [4.69, 9.17) is 12.2 Å². The van der Waals surface area contributed by atoms with Gasteiger partial charge in [-0.2, -0.15) is 0 Å². The summed E-state index contributed by atoms with van der Waals surface area (Å²) in [5, 5.41) is 0. The van der Waals surface area contributed by atoms with Gasteiger partial charge >= 0.3 is 0 Å². The number of likely N-dealkylation sites (tertiary alicyclic amines) is 1. The predicted octanol–water partition coefficient (Wildman–Crippen LogP) is 3.25. The van der Waals surface area contributed by atoms with E-state index in [0.29, 0.717) is 17.7 Å². The molecule has 5 heteroatoms. The van der Waals surface area contributed by atoms with E-state index < -0.39 is 0 Å². The monoisotopic (exact) mass is 295 g/mol. The zero-order valence-electron chi connectivity index (χ0n) is 12.7. The van der Waals surface area contributed by atoms with Gasteiger partial charge in [0, 0.05) is 43.4 Å². The fourth-order valence-electron chi connectivity index (χ4n) is 2.75. The summed E-state index contributed by atoms with van der Waals surface area (Å²) < 4.78 is 2.78. The molecule has 0 atom stereocenters. The van der Waals surface area contributed by atoms with Gasteiger partial charge in [0.2, 0.25) is 5.91 Å². The van der Waals surface area contributed by atoms with Crippen molar-refractivity contribution >= 4 is 18.1 Å². The van der Waals surface area contributed by atoms with Gasteiger partial charge < -0.3 is 14.5 Å². The maximum absolute atomic E-state index is 12.2. The first-order chi connectivity index (χ1) is 9.39. The highest BCUT2D eigenvalue weighted by Crippen LogP contribution is 2.22. The molecule has 112 valence electrons. The number of piperidine rings is 1. The summed E-state index contributed by atoms with van der Waals surface area (Å²) >= 11 is 5.33. The number of rotatable bonds is 3. The fourth-order valence-corrected chi connectivity index (χ4v) is 3.00. The zero-order chi connectivity index (χ0) is 14.8.